The van der Waals surface area contributed by atoms with E-state index in [2.05, 4.69) is 20.8 Å². The molecule has 1 fully saturated rings. The van der Waals surface area contributed by atoms with Crippen molar-refractivity contribution in [1.29, 1.82) is 0 Å². The summed E-state index contributed by atoms with van der Waals surface area (Å²) in [6.45, 7) is 6.31. The van der Waals surface area contributed by atoms with Crippen molar-refractivity contribution >= 4 is 0 Å². The molecule has 0 amide bonds. The normalized spacial score (nSPS) is 38.6. The van der Waals surface area contributed by atoms with E-state index in [4.69, 9.17) is 4.74 Å². The van der Waals surface area contributed by atoms with Gasteiger partial charge in [0.05, 0.1) is 17.8 Å². The molecule has 1 rings (SSSR count). The molecule has 0 aromatic rings. The Hall–Kier alpha value is -0.0800. The van der Waals surface area contributed by atoms with E-state index in [1.54, 1.807) is 0 Å². The first-order valence-corrected chi connectivity index (χ1v) is 5.93. The molecule has 0 spiro atoms. The Morgan fingerprint density at radius 3 is 2.29 bits per heavy atom. The van der Waals surface area contributed by atoms with Gasteiger partial charge < -0.3 is 9.84 Å². The molecule has 1 saturated heterocycles. The molecule has 0 aromatic heterocycles. The minimum Gasteiger partial charge on any atom is -0.390 e. The Bertz CT molecular complexity index is 158. The van der Waals surface area contributed by atoms with Gasteiger partial charge in [0.25, 0.3) is 0 Å². The SMILES string of the molecule is CCCCCC1(O)CC(C)OC(C)C1. The third-order valence-corrected chi connectivity index (χ3v) is 3.05. The summed E-state index contributed by atoms with van der Waals surface area (Å²) in [6.07, 6.45) is 6.58. The number of rotatable bonds is 4. The number of hydrogen-bond donors (Lipinski definition) is 1. The average molecular weight is 200 g/mol. The van der Waals surface area contributed by atoms with Crippen LogP contribution in [0.1, 0.15) is 59.3 Å². The Morgan fingerprint density at radius 2 is 1.79 bits per heavy atom. The molecule has 2 nitrogen and oxygen atoms in total. The summed E-state index contributed by atoms with van der Waals surface area (Å²) < 4.78 is 5.63. The van der Waals surface area contributed by atoms with Gasteiger partial charge in [0.2, 0.25) is 0 Å². The predicted molar refractivity (Wildman–Crippen MR) is 58.3 cm³/mol. The first kappa shape index (κ1) is 12.0. The van der Waals surface area contributed by atoms with Crippen molar-refractivity contribution < 1.29 is 9.84 Å². The molecule has 2 atom stereocenters. The highest BCUT2D eigenvalue weighted by molar-refractivity contribution is 4.87. The fourth-order valence-corrected chi connectivity index (χ4v) is 2.55. The summed E-state index contributed by atoms with van der Waals surface area (Å²) in [5.74, 6) is 0. The maximum atomic E-state index is 10.4. The second-order valence-corrected chi connectivity index (χ2v) is 4.85. The van der Waals surface area contributed by atoms with Gasteiger partial charge in [-0.05, 0) is 20.3 Å². The topological polar surface area (TPSA) is 29.5 Å². The minimum absolute atomic E-state index is 0.213. The summed E-state index contributed by atoms with van der Waals surface area (Å²) in [7, 11) is 0. The number of unbranched alkanes of at least 4 members (excludes halogenated alkanes) is 2. The van der Waals surface area contributed by atoms with Gasteiger partial charge in [-0.2, -0.15) is 0 Å². The second-order valence-electron chi connectivity index (χ2n) is 4.85. The Labute approximate surface area is 87.7 Å². The molecule has 2 heteroatoms. The highest BCUT2D eigenvalue weighted by Crippen LogP contribution is 2.32. The molecular weight excluding hydrogens is 176 g/mol. The van der Waals surface area contributed by atoms with Crippen LogP contribution in [0.15, 0.2) is 0 Å². The molecule has 1 aliphatic rings. The van der Waals surface area contributed by atoms with Crippen molar-refractivity contribution in [2.45, 2.75) is 77.1 Å². The van der Waals surface area contributed by atoms with Crippen molar-refractivity contribution in [1.82, 2.24) is 0 Å². The minimum atomic E-state index is -0.452. The molecule has 2 unspecified atom stereocenters. The molecule has 0 saturated carbocycles. The molecule has 0 radical (unpaired) electrons. The second kappa shape index (κ2) is 5.13. The lowest BCUT2D eigenvalue weighted by Gasteiger charge is -2.39. The maximum absolute atomic E-state index is 10.4. The smallest absolute Gasteiger partial charge is 0.0697 e. The molecule has 14 heavy (non-hydrogen) atoms. The van der Waals surface area contributed by atoms with Crippen molar-refractivity contribution in [2.24, 2.45) is 0 Å². The van der Waals surface area contributed by atoms with E-state index in [-0.39, 0.29) is 12.2 Å². The lowest BCUT2D eigenvalue weighted by molar-refractivity contribution is -0.134. The molecule has 0 aromatic carbocycles. The molecule has 1 aliphatic heterocycles. The lowest BCUT2D eigenvalue weighted by Crippen LogP contribution is -2.43. The largest absolute Gasteiger partial charge is 0.390 e. The summed E-state index contributed by atoms with van der Waals surface area (Å²) in [5.41, 5.74) is -0.452. The quantitative estimate of drug-likeness (QED) is 0.707. The monoisotopic (exact) mass is 200 g/mol. The van der Waals surface area contributed by atoms with Crippen LogP contribution in [0.2, 0.25) is 0 Å². The van der Waals surface area contributed by atoms with Crippen LogP contribution in [0.3, 0.4) is 0 Å². The first-order chi connectivity index (χ1) is 6.56. The number of aliphatic hydroxyl groups is 1. The van der Waals surface area contributed by atoms with Gasteiger partial charge >= 0.3 is 0 Å². The summed E-state index contributed by atoms with van der Waals surface area (Å²) in [4.78, 5) is 0. The molecular formula is C12H24O2. The van der Waals surface area contributed by atoms with Crippen LogP contribution in [0.25, 0.3) is 0 Å². The molecule has 1 heterocycles. The van der Waals surface area contributed by atoms with Gasteiger partial charge in [-0.15, -0.1) is 0 Å². The van der Waals surface area contributed by atoms with E-state index in [0.717, 1.165) is 25.7 Å². The van der Waals surface area contributed by atoms with Crippen molar-refractivity contribution in [3.8, 4) is 0 Å². The van der Waals surface area contributed by atoms with Crippen molar-refractivity contribution in [3.63, 3.8) is 0 Å². The predicted octanol–water partition coefficient (Wildman–Crippen LogP) is 2.89. The van der Waals surface area contributed by atoms with Crippen LogP contribution >= 0.6 is 0 Å². The summed E-state index contributed by atoms with van der Waals surface area (Å²) in [6, 6.07) is 0. The van der Waals surface area contributed by atoms with Gasteiger partial charge in [-0.25, -0.2) is 0 Å². The highest BCUT2D eigenvalue weighted by atomic mass is 16.5. The Kier molecular flexibility index (Phi) is 4.39. The average Bonchev–Trinajstić information content (AvgIpc) is 2.01. The standard InChI is InChI=1S/C12H24O2/c1-4-5-6-7-12(13)8-10(2)14-11(3)9-12/h10-11,13H,4-9H2,1-3H3. The molecule has 84 valence electrons. The summed E-state index contributed by atoms with van der Waals surface area (Å²) in [5, 5.41) is 10.4. The zero-order valence-electron chi connectivity index (χ0n) is 9.75. The van der Waals surface area contributed by atoms with Gasteiger partial charge in [0.15, 0.2) is 0 Å². The van der Waals surface area contributed by atoms with Crippen LogP contribution in [-0.4, -0.2) is 22.9 Å². The third-order valence-electron chi connectivity index (χ3n) is 3.05. The Morgan fingerprint density at radius 1 is 1.21 bits per heavy atom. The number of hydrogen-bond acceptors (Lipinski definition) is 2. The fourth-order valence-electron chi connectivity index (χ4n) is 2.55. The van der Waals surface area contributed by atoms with E-state index in [1.165, 1.54) is 12.8 Å². The zero-order chi connectivity index (χ0) is 10.6. The number of ether oxygens (including phenoxy) is 1. The van der Waals surface area contributed by atoms with Crippen LogP contribution in [0.5, 0.6) is 0 Å². The highest BCUT2D eigenvalue weighted by Gasteiger charge is 2.35. The van der Waals surface area contributed by atoms with Gasteiger partial charge in [-0.1, -0.05) is 26.2 Å². The summed E-state index contributed by atoms with van der Waals surface area (Å²) >= 11 is 0. The van der Waals surface area contributed by atoms with E-state index >= 15 is 0 Å². The van der Waals surface area contributed by atoms with Crippen molar-refractivity contribution in [2.75, 3.05) is 0 Å². The zero-order valence-corrected chi connectivity index (χ0v) is 9.75. The molecule has 0 bridgehead atoms. The van der Waals surface area contributed by atoms with E-state index < -0.39 is 5.60 Å². The van der Waals surface area contributed by atoms with E-state index in [9.17, 15) is 5.11 Å². The van der Waals surface area contributed by atoms with Crippen LogP contribution < -0.4 is 0 Å². The van der Waals surface area contributed by atoms with E-state index in [0.29, 0.717) is 0 Å². The lowest BCUT2D eigenvalue weighted by atomic mass is 9.83. The van der Waals surface area contributed by atoms with Gasteiger partial charge in [0, 0.05) is 12.8 Å². The molecule has 0 aliphatic carbocycles. The Balaban J connectivity index is 2.38. The first-order valence-electron chi connectivity index (χ1n) is 5.93. The fraction of sp³-hybridized carbons (Fsp3) is 1.00. The van der Waals surface area contributed by atoms with Crippen LogP contribution in [-0.2, 0) is 4.74 Å². The van der Waals surface area contributed by atoms with Crippen LogP contribution in [0.4, 0.5) is 0 Å². The van der Waals surface area contributed by atoms with Gasteiger partial charge in [0.1, 0.15) is 0 Å². The maximum Gasteiger partial charge on any atom is 0.0697 e. The third kappa shape index (κ3) is 3.58. The molecule has 1 N–H and O–H groups in total. The van der Waals surface area contributed by atoms with Crippen molar-refractivity contribution in [3.05, 3.63) is 0 Å². The van der Waals surface area contributed by atoms with E-state index in [1.807, 2.05) is 0 Å². The van der Waals surface area contributed by atoms with Crippen LogP contribution in [0, 0.1) is 0 Å². The van der Waals surface area contributed by atoms with Gasteiger partial charge in [-0.3, -0.25) is 0 Å².